The second kappa shape index (κ2) is 13.0. The predicted octanol–water partition coefficient (Wildman–Crippen LogP) is 5.31. The van der Waals surface area contributed by atoms with Crippen molar-refractivity contribution in [1.29, 1.82) is 0 Å². The largest absolute Gasteiger partial charge is 0.382 e. The molecule has 0 bridgehead atoms. The molecule has 0 amide bonds. The number of hydrogen-bond acceptors (Lipinski definition) is 6. The molecule has 1 unspecified atom stereocenters. The lowest BCUT2D eigenvalue weighted by Gasteiger charge is -2.36. The van der Waals surface area contributed by atoms with E-state index in [4.69, 9.17) is 11.6 Å². The first-order chi connectivity index (χ1) is 19.7. The van der Waals surface area contributed by atoms with Gasteiger partial charge in [0.25, 0.3) is 0 Å². The molecule has 1 aromatic heterocycles. The van der Waals surface area contributed by atoms with E-state index >= 15 is 0 Å². The van der Waals surface area contributed by atoms with Crippen molar-refractivity contribution in [2.24, 2.45) is 0 Å². The molecule has 1 atom stereocenters. The Kier molecular flexibility index (Phi) is 9.35. The van der Waals surface area contributed by atoms with Crippen LogP contribution >= 0.6 is 27.5 Å². The number of piperazine rings is 1. The molecule has 11 heteroatoms. The van der Waals surface area contributed by atoms with Crippen molar-refractivity contribution in [1.82, 2.24) is 24.6 Å². The van der Waals surface area contributed by atoms with Crippen LogP contribution in [-0.2, 0) is 25.2 Å². The van der Waals surface area contributed by atoms with Gasteiger partial charge in [0.05, 0.1) is 6.54 Å². The quantitative estimate of drug-likeness (QED) is 0.252. The molecule has 3 aromatic carbocycles. The molecule has 1 aliphatic rings. The molecule has 4 aromatic rings. The first kappa shape index (κ1) is 29.6. The summed E-state index contributed by atoms with van der Waals surface area (Å²) in [6.07, 6.45) is 2.81. The molecule has 2 heterocycles. The Hall–Kier alpha value is -2.89. The smallest absolute Gasteiger partial charge is 0.137 e. The highest BCUT2D eigenvalue weighted by molar-refractivity contribution is 9.10. The number of rotatable bonds is 10. The molecule has 1 aliphatic heterocycles. The summed E-state index contributed by atoms with van der Waals surface area (Å²) in [5, 5.41) is 16.5. The van der Waals surface area contributed by atoms with Crippen molar-refractivity contribution < 1.29 is 13.9 Å². The highest BCUT2D eigenvalue weighted by atomic mass is 79.9. The van der Waals surface area contributed by atoms with Crippen LogP contribution in [0.2, 0.25) is 5.02 Å². The molecule has 7 nitrogen and oxygen atoms in total. The van der Waals surface area contributed by atoms with Gasteiger partial charge in [0, 0.05) is 72.6 Å². The molecule has 0 saturated carbocycles. The molecule has 0 radical (unpaired) electrons. The Morgan fingerprint density at radius 2 is 1.80 bits per heavy atom. The van der Waals surface area contributed by atoms with Crippen molar-refractivity contribution in [2.75, 3.05) is 44.7 Å². The Balaban J connectivity index is 1.20. The van der Waals surface area contributed by atoms with Gasteiger partial charge < -0.3 is 10.0 Å². The highest BCUT2D eigenvalue weighted by Crippen LogP contribution is 2.29. The number of halogens is 4. The molecule has 1 fully saturated rings. The van der Waals surface area contributed by atoms with Crippen LogP contribution in [0.15, 0.2) is 77.8 Å². The molecule has 0 spiro atoms. The van der Waals surface area contributed by atoms with Gasteiger partial charge in [0.1, 0.15) is 29.9 Å². The van der Waals surface area contributed by atoms with E-state index in [1.165, 1.54) is 23.4 Å². The lowest BCUT2D eigenvalue weighted by atomic mass is 9.92. The topological polar surface area (TPSA) is 60.7 Å². The number of aliphatic hydroxyl groups is 1. The summed E-state index contributed by atoms with van der Waals surface area (Å²) in [6, 6.07) is 17.5. The predicted molar refractivity (Wildman–Crippen MR) is 160 cm³/mol. The SMILES string of the molecule is CN(Cc1ccc(N2CCN(Cc3c(Cl)cccc3Br)CC2)cc1)CC(O)(Cn1cncn1)c1ccc(F)cc1F. The summed E-state index contributed by atoms with van der Waals surface area (Å²) in [5.41, 5.74) is 1.69. The number of likely N-dealkylation sites (N-methyl/N-ethyl adjacent to an activating group) is 1. The monoisotopic (exact) mass is 644 g/mol. The fourth-order valence-electron chi connectivity index (χ4n) is 5.37. The van der Waals surface area contributed by atoms with Crippen molar-refractivity contribution in [3.63, 3.8) is 0 Å². The third-order valence-corrected chi connectivity index (χ3v) is 8.52. The minimum Gasteiger partial charge on any atom is -0.382 e. The van der Waals surface area contributed by atoms with Crippen molar-refractivity contribution in [3.05, 3.63) is 111 Å². The third-order valence-electron chi connectivity index (χ3n) is 7.42. The van der Waals surface area contributed by atoms with Crippen LogP contribution in [0.25, 0.3) is 0 Å². The first-order valence-electron chi connectivity index (χ1n) is 13.4. The van der Waals surface area contributed by atoms with Gasteiger partial charge >= 0.3 is 0 Å². The van der Waals surface area contributed by atoms with Gasteiger partial charge in [-0.2, -0.15) is 5.10 Å². The molecule has 1 N–H and O–H groups in total. The number of anilines is 1. The normalized spacial score (nSPS) is 15.8. The van der Waals surface area contributed by atoms with Gasteiger partial charge in [-0.25, -0.2) is 18.4 Å². The van der Waals surface area contributed by atoms with Gasteiger partial charge in [-0.1, -0.05) is 51.8 Å². The lowest BCUT2D eigenvalue weighted by molar-refractivity contribution is -0.0175. The molecule has 41 heavy (non-hydrogen) atoms. The van der Waals surface area contributed by atoms with Gasteiger partial charge in [-0.15, -0.1) is 0 Å². The van der Waals surface area contributed by atoms with E-state index in [1.807, 2.05) is 30.1 Å². The maximum absolute atomic E-state index is 14.8. The van der Waals surface area contributed by atoms with Crippen LogP contribution in [0, 0.1) is 11.6 Å². The minimum absolute atomic E-state index is 0.0117. The van der Waals surface area contributed by atoms with Crippen molar-refractivity contribution in [2.45, 2.75) is 25.2 Å². The Morgan fingerprint density at radius 3 is 2.46 bits per heavy atom. The van der Waals surface area contributed by atoms with Gasteiger partial charge in [-0.3, -0.25) is 9.80 Å². The number of benzene rings is 3. The lowest BCUT2D eigenvalue weighted by Crippen LogP contribution is -2.46. The Bertz CT molecular complexity index is 1430. The average Bonchev–Trinajstić information content (AvgIpc) is 3.44. The van der Waals surface area contributed by atoms with E-state index in [1.54, 1.807) is 0 Å². The van der Waals surface area contributed by atoms with E-state index in [9.17, 15) is 13.9 Å². The van der Waals surface area contributed by atoms with Gasteiger partial charge in [0.15, 0.2) is 0 Å². The van der Waals surface area contributed by atoms with Crippen LogP contribution in [0.5, 0.6) is 0 Å². The summed E-state index contributed by atoms with van der Waals surface area (Å²) in [7, 11) is 1.86. The van der Waals surface area contributed by atoms with E-state index < -0.39 is 17.2 Å². The number of hydrogen-bond donors (Lipinski definition) is 1. The minimum atomic E-state index is -1.65. The summed E-state index contributed by atoms with van der Waals surface area (Å²) >= 11 is 10.0. The van der Waals surface area contributed by atoms with Crippen LogP contribution in [0.1, 0.15) is 16.7 Å². The fourth-order valence-corrected chi connectivity index (χ4v) is 6.21. The zero-order valence-corrected chi connectivity index (χ0v) is 25.1. The van der Waals surface area contributed by atoms with E-state index in [0.29, 0.717) is 6.54 Å². The van der Waals surface area contributed by atoms with E-state index in [-0.39, 0.29) is 18.7 Å². The molecule has 5 rings (SSSR count). The van der Waals surface area contributed by atoms with Crippen LogP contribution in [-0.4, -0.2) is 69.4 Å². The zero-order chi connectivity index (χ0) is 29.0. The molecular formula is C30H32BrClF2N6O. The van der Waals surface area contributed by atoms with Crippen LogP contribution in [0.4, 0.5) is 14.5 Å². The van der Waals surface area contributed by atoms with Crippen molar-refractivity contribution in [3.8, 4) is 0 Å². The van der Waals surface area contributed by atoms with Gasteiger partial charge in [-0.05, 0) is 48.5 Å². The fraction of sp³-hybridized carbons (Fsp3) is 0.333. The zero-order valence-electron chi connectivity index (χ0n) is 22.7. The third kappa shape index (κ3) is 7.31. The second-order valence-corrected chi connectivity index (χ2v) is 11.8. The maximum Gasteiger partial charge on any atom is 0.137 e. The number of nitrogens with zero attached hydrogens (tertiary/aromatic N) is 6. The maximum atomic E-state index is 14.8. The molecular weight excluding hydrogens is 614 g/mol. The van der Waals surface area contributed by atoms with E-state index in [2.05, 4.69) is 60.1 Å². The second-order valence-electron chi connectivity index (χ2n) is 10.6. The molecule has 0 aliphatic carbocycles. The standard InChI is InChI=1S/C30H32BrClF2N6O/c1-37(18-30(41,19-40-21-35-20-36-40)26-10-7-23(33)15-29(26)34)16-22-5-8-24(9-6-22)39-13-11-38(12-14-39)17-25-27(31)3-2-4-28(25)32/h2-10,15,20-21,41H,11-14,16-19H2,1H3. The van der Waals surface area contributed by atoms with Gasteiger partial charge in [0.2, 0.25) is 0 Å². The highest BCUT2D eigenvalue weighted by Gasteiger charge is 2.35. The van der Waals surface area contributed by atoms with Crippen LogP contribution < -0.4 is 4.90 Å². The average molecular weight is 646 g/mol. The Morgan fingerprint density at radius 1 is 1.05 bits per heavy atom. The van der Waals surface area contributed by atoms with Crippen molar-refractivity contribution >= 4 is 33.2 Å². The molecule has 1 saturated heterocycles. The summed E-state index contributed by atoms with van der Waals surface area (Å²) < 4.78 is 30.8. The van der Waals surface area contributed by atoms with E-state index in [0.717, 1.165) is 71.2 Å². The van der Waals surface area contributed by atoms with Crippen LogP contribution in [0.3, 0.4) is 0 Å². The first-order valence-corrected chi connectivity index (χ1v) is 14.6. The molecule has 216 valence electrons. The summed E-state index contributed by atoms with van der Waals surface area (Å²) in [6.45, 7) is 5.12. The summed E-state index contributed by atoms with van der Waals surface area (Å²) in [4.78, 5) is 10.6. The Labute approximate surface area is 252 Å². The number of aromatic nitrogens is 3. The summed E-state index contributed by atoms with van der Waals surface area (Å²) in [5.74, 6) is -1.50.